The van der Waals surface area contributed by atoms with Gasteiger partial charge in [0.1, 0.15) is 0 Å². The van der Waals surface area contributed by atoms with Gasteiger partial charge < -0.3 is 0 Å². The smallest absolute Gasteiger partial charge is 0.0896 e. The molecule has 0 N–H and O–H groups in total. The highest BCUT2D eigenvalue weighted by Crippen LogP contribution is 2.16. The van der Waals surface area contributed by atoms with Gasteiger partial charge in [-0.15, -0.1) is 11.3 Å². The zero-order valence-corrected chi connectivity index (χ0v) is 8.58. The predicted molar refractivity (Wildman–Crippen MR) is 53.6 cm³/mol. The number of rotatable bonds is 3. The summed E-state index contributed by atoms with van der Waals surface area (Å²) in [6, 6.07) is 0. The average Bonchev–Trinajstić information content (AvgIpc) is 2.35. The van der Waals surface area contributed by atoms with Crippen LogP contribution in [0.15, 0.2) is 6.20 Å². The average molecular weight is 187 g/mol. The summed E-state index contributed by atoms with van der Waals surface area (Å²) in [5.41, 5.74) is 0. The van der Waals surface area contributed by atoms with Crippen LogP contribution in [0.3, 0.4) is 0 Å². The fourth-order valence-corrected chi connectivity index (χ4v) is 1.99. The molecular weight excluding hydrogens is 174 g/mol. The third kappa shape index (κ3) is 2.83. The maximum Gasteiger partial charge on any atom is 0.0896 e. The van der Waals surface area contributed by atoms with Crippen LogP contribution in [-0.2, 0) is 6.42 Å². The third-order valence-corrected chi connectivity index (χ3v) is 3.09. The van der Waals surface area contributed by atoms with Crippen molar-refractivity contribution in [3.8, 4) is 0 Å². The van der Waals surface area contributed by atoms with Crippen LogP contribution in [-0.4, -0.2) is 10.7 Å². The van der Waals surface area contributed by atoms with Gasteiger partial charge in [0.05, 0.1) is 5.01 Å². The Morgan fingerprint density at radius 1 is 1.73 bits per heavy atom. The first-order chi connectivity index (χ1) is 5.22. The van der Waals surface area contributed by atoms with Crippen molar-refractivity contribution < 1.29 is 0 Å². The standard InChI is InChI=1S/C8H13NS2/c1-6(5-10)3-8-4-9-7(2)11-8/h4,6,10H,3,5H2,1-2H3. The lowest BCUT2D eigenvalue weighted by molar-refractivity contribution is 0.667. The number of thiazole rings is 1. The Morgan fingerprint density at radius 2 is 2.45 bits per heavy atom. The molecule has 0 aliphatic heterocycles. The monoisotopic (exact) mass is 187 g/mol. The molecule has 0 saturated heterocycles. The number of aryl methyl sites for hydroxylation is 1. The van der Waals surface area contributed by atoms with Gasteiger partial charge in [0.25, 0.3) is 0 Å². The molecule has 1 aromatic heterocycles. The summed E-state index contributed by atoms with van der Waals surface area (Å²) in [7, 11) is 0. The number of thiol groups is 1. The van der Waals surface area contributed by atoms with Gasteiger partial charge in [0.15, 0.2) is 0 Å². The molecule has 0 fully saturated rings. The summed E-state index contributed by atoms with van der Waals surface area (Å²) < 4.78 is 0. The van der Waals surface area contributed by atoms with Gasteiger partial charge in [0.2, 0.25) is 0 Å². The van der Waals surface area contributed by atoms with Crippen LogP contribution in [0.4, 0.5) is 0 Å². The highest BCUT2D eigenvalue weighted by Gasteiger charge is 2.03. The topological polar surface area (TPSA) is 12.9 Å². The van der Waals surface area contributed by atoms with Gasteiger partial charge in [-0.05, 0) is 25.0 Å². The Bertz CT molecular complexity index is 220. The van der Waals surface area contributed by atoms with E-state index in [0.717, 1.165) is 17.2 Å². The van der Waals surface area contributed by atoms with Gasteiger partial charge in [-0.3, -0.25) is 0 Å². The molecule has 1 nitrogen and oxygen atoms in total. The van der Waals surface area contributed by atoms with Crippen LogP contribution in [0.2, 0.25) is 0 Å². The van der Waals surface area contributed by atoms with Gasteiger partial charge >= 0.3 is 0 Å². The van der Waals surface area contributed by atoms with E-state index in [9.17, 15) is 0 Å². The van der Waals surface area contributed by atoms with E-state index in [0.29, 0.717) is 5.92 Å². The molecule has 0 aliphatic carbocycles. The van der Waals surface area contributed by atoms with Gasteiger partial charge in [-0.2, -0.15) is 12.6 Å². The summed E-state index contributed by atoms with van der Waals surface area (Å²) in [5.74, 6) is 1.62. The summed E-state index contributed by atoms with van der Waals surface area (Å²) in [6.07, 6.45) is 3.09. The van der Waals surface area contributed by atoms with Gasteiger partial charge in [0, 0.05) is 11.1 Å². The minimum Gasteiger partial charge on any atom is -0.250 e. The molecule has 62 valence electrons. The fraction of sp³-hybridized carbons (Fsp3) is 0.625. The summed E-state index contributed by atoms with van der Waals surface area (Å²) in [6.45, 7) is 4.25. The Morgan fingerprint density at radius 3 is 2.91 bits per heavy atom. The third-order valence-electron chi connectivity index (χ3n) is 1.53. The molecular formula is C8H13NS2. The van der Waals surface area contributed by atoms with Crippen LogP contribution in [0.25, 0.3) is 0 Å². The minimum atomic E-state index is 0.665. The molecule has 1 unspecified atom stereocenters. The first-order valence-corrected chi connectivity index (χ1v) is 5.19. The highest BCUT2D eigenvalue weighted by molar-refractivity contribution is 7.80. The zero-order chi connectivity index (χ0) is 8.27. The normalized spacial score (nSPS) is 13.4. The second kappa shape index (κ2) is 4.12. The molecule has 1 atom stereocenters. The van der Waals surface area contributed by atoms with E-state index >= 15 is 0 Å². The second-order valence-corrected chi connectivity index (χ2v) is 4.52. The molecule has 0 saturated carbocycles. The van der Waals surface area contributed by atoms with Crippen LogP contribution in [0.1, 0.15) is 16.8 Å². The van der Waals surface area contributed by atoms with E-state index in [1.165, 1.54) is 4.88 Å². The molecule has 0 spiro atoms. The molecule has 0 radical (unpaired) electrons. The molecule has 1 aromatic rings. The Hall–Kier alpha value is -0.0200. The quantitative estimate of drug-likeness (QED) is 0.718. The van der Waals surface area contributed by atoms with E-state index in [1.54, 1.807) is 11.3 Å². The Kier molecular flexibility index (Phi) is 3.40. The van der Waals surface area contributed by atoms with Crippen LogP contribution in [0.5, 0.6) is 0 Å². The molecule has 1 heterocycles. The highest BCUT2D eigenvalue weighted by atomic mass is 32.1. The van der Waals surface area contributed by atoms with E-state index in [4.69, 9.17) is 0 Å². The van der Waals surface area contributed by atoms with Crippen molar-refractivity contribution in [3.05, 3.63) is 16.1 Å². The van der Waals surface area contributed by atoms with E-state index in [1.807, 2.05) is 13.1 Å². The van der Waals surface area contributed by atoms with Crippen LogP contribution in [0, 0.1) is 12.8 Å². The molecule has 11 heavy (non-hydrogen) atoms. The van der Waals surface area contributed by atoms with Crippen molar-refractivity contribution in [1.82, 2.24) is 4.98 Å². The maximum atomic E-state index is 4.24. The van der Waals surface area contributed by atoms with Crippen molar-refractivity contribution in [2.24, 2.45) is 5.92 Å². The minimum absolute atomic E-state index is 0.665. The van der Waals surface area contributed by atoms with E-state index in [-0.39, 0.29) is 0 Å². The maximum absolute atomic E-state index is 4.24. The predicted octanol–water partition coefficient (Wildman–Crippen LogP) is 2.56. The number of hydrogen-bond donors (Lipinski definition) is 1. The number of hydrogen-bond acceptors (Lipinski definition) is 3. The summed E-state index contributed by atoms with van der Waals surface area (Å²) in [4.78, 5) is 5.58. The zero-order valence-electron chi connectivity index (χ0n) is 6.87. The SMILES string of the molecule is Cc1ncc(CC(C)CS)s1. The van der Waals surface area contributed by atoms with Crippen molar-refractivity contribution in [1.29, 1.82) is 0 Å². The number of nitrogens with zero attached hydrogens (tertiary/aromatic N) is 1. The van der Waals surface area contributed by atoms with E-state index in [2.05, 4.69) is 24.5 Å². The lowest BCUT2D eigenvalue weighted by Crippen LogP contribution is -1.98. The van der Waals surface area contributed by atoms with Crippen LogP contribution >= 0.6 is 24.0 Å². The van der Waals surface area contributed by atoms with Crippen molar-refractivity contribution in [3.63, 3.8) is 0 Å². The largest absolute Gasteiger partial charge is 0.250 e. The van der Waals surface area contributed by atoms with Crippen molar-refractivity contribution in [2.45, 2.75) is 20.3 Å². The van der Waals surface area contributed by atoms with Crippen LogP contribution < -0.4 is 0 Å². The molecule has 0 amide bonds. The Balaban J connectivity index is 2.50. The first-order valence-electron chi connectivity index (χ1n) is 3.74. The van der Waals surface area contributed by atoms with Gasteiger partial charge in [-0.25, -0.2) is 4.98 Å². The molecule has 0 bridgehead atoms. The molecule has 0 aliphatic rings. The second-order valence-electron chi connectivity index (χ2n) is 2.84. The Labute approximate surface area is 77.3 Å². The fourth-order valence-electron chi connectivity index (χ4n) is 0.908. The van der Waals surface area contributed by atoms with Crippen molar-refractivity contribution >= 4 is 24.0 Å². The summed E-state index contributed by atoms with van der Waals surface area (Å²) in [5, 5.41) is 1.16. The van der Waals surface area contributed by atoms with E-state index < -0.39 is 0 Å². The lowest BCUT2D eigenvalue weighted by atomic mass is 10.1. The number of aromatic nitrogens is 1. The first kappa shape index (κ1) is 9.07. The molecule has 3 heteroatoms. The van der Waals surface area contributed by atoms with Gasteiger partial charge in [-0.1, -0.05) is 6.92 Å². The molecule has 0 aromatic carbocycles. The van der Waals surface area contributed by atoms with Crippen molar-refractivity contribution in [2.75, 3.05) is 5.75 Å². The lowest BCUT2D eigenvalue weighted by Gasteiger charge is -2.03. The summed E-state index contributed by atoms with van der Waals surface area (Å²) >= 11 is 6.02. The molecule has 1 rings (SSSR count).